The quantitative estimate of drug-likeness (QED) is 0.224. The Morgan fingerprint density at radius 2 is 1.15 bits per heavy atom. The molecule has 184 valence electrons. The lowest BCUT2D eigenvalue weighted by Crippen LogP contribution is -1.89. The summed E-state index contributed by atoms with van der Waals surface area (Å²) < 4.78 is 19.7. The summed E-state index contributed by atoms with van der Waals surface area (Å²) in [5.74, 6) is 0.349. The molecular weight excluding hydrogens is 481 g/mol. The van der Waals surface area contributed by atoms with Crippen LogP contribution in [-0.4, -0.2) is 4.98 Å². The third-order valence-corrected chi connectivity index (χ3v) is 7.82. The Morgan fingerprint density at radius 3 is 1.87 bits per heavy atom. The topological polar surface area (TPSA) is 26.0 Å². The molecule has 7 aromatic carbocycles. The Hall–Kier alpha value is -5.02. The van der Waals surface area contributed by atoms with E-state index in [0.29, 0.717) is 5.89 Å². The Bertz CT molecular complexity index is 2170. The molecule has 1 aromatic heterocycles. The zero-order valence-electron chi connectivity index (χ0n) is 21.2. The molecule has 0 N–H and O–H groups in total. The van der Waals surface area contributed by atoms with Gasteiger partial charge in [0.1, 0.15) is 11.3 Å². The third-order valence-electron chi connectivity index (χ3n) is 7.82. The SMILES string of the molecule is Cc1ccc(-c2ccc3ccc4c(-c5nc6cc(-c7ccc(F)cc7)ccc6o5)ccc5ccc2c3c54)cc1. The number of hydrogen-bond donors (Lipinski definition) is 0. The first-order valence-electron chi connectivity index (χ1n) is 13.1. The Kier molecular flexibility index (Phi) is 4.65. The van der Waals surface area contributed by atoms with E-state index in [2.05, 4.69) is 79.7 Å². The van der Waals surface area contributed by atoms with Gasteiger partial charge in [-0.3, -0.25) is 0 Å². The number of benzene rings is 7. The summed E-state index contributed by atoms with van der Waals surface area (Å²) in [4.78, 5) is 4.90. The second-order valence-electron chi connectivity index (χ2n) is 10.2. The van der Waals surface area contributed by atoms with E-state index in [9.17, 15) is 4.39 Å². The molecule has 0 saturated carbocycles. The predicted molar refractivity (Wildman–Crippen MR) is 159 cm³/mol. The Labute approximate surface area is 224 Å². The molecule has 0 spiro atoms. The van der Waals surface area contributed by atoms with Crippen LogP contribution >= 0.6 is 0 Å². The molecule has 3 heteroatoms. The number of fused-ring (bicyclic) bond motifs is 1. The van der Waals surface area contributed by atoms with Gasteiger partial charge < -0.3 is 4.42 Å². The summed E-state index contributed by atoms with van der Waals surface area (Å²) in [6.45, 7) is 2.12. The molecule has 0 radical (unpaired) electrons. The summed E-state index contributed by atoms with van der Waals surface area (Å²) in [6.07, 6.45) is 0. The van der Waals surface area contributed by atoms with Crippen LogP contribution in [0.25, 0.3) is 77.1 Å². The molecule has 0 amide bonds. The van der Waals surface area contributed by atoms with Gasteiger partial charge in [-0.2, -0.15) is 0 Å². The van der Waals surface area contributed by atoms with E-state index < -0.39 is 0 Å². The molecule has 0 aliphatic rings. The highest BCUT2D eigenvalue weighted by molar-refractivity contribution is 6.27. The highest BCUT2D eigenvalue weighted by Crippen LogP contribution is 2.42. The van der Waals surface area contributed by atoms with Crippen LogP contribution in [0.15, 0.2) is 120 Å². The summed E-state index contributed by atoms with van der Waals surface area (Å²) in [5, 5.41) is 7.27. The number of halogens is 1. The number of aryl methyl sites for hydroxylation is 1. The van der Waals surface area contributed by atoms with Crippen LogP contribution in [0.3, 0.4) is 0 Å². The van der Waals surface area contributed by atoms with Crippen molar-refractivity contribution in [3.05, 3.63) is 127 Å². The van der Waals surface area contributed by atoms with Crippen LogP contribution in [0.4, 0.5) is 4.39 Å². The van der Waals surface area contributed by atoms with Gasteiger partial charge in [0.05, 0.1) is 0 Å². The van der Waals surface area contributed by atoms with Crippen LogP contribution in [0.1, 0.15) is 5.56 Å². The molecule has 0 unspecified atom stereocenters. The maximum absolute atomic E-state index is 13.4. The van der Waals surface area contributed by atoms with Gasteiger partial charge in [0.2, 0.25) is 5.89 Å². The van der Waals surface area contributed by atoms with Gasteiger partial charge in [-0.1, -0.05) is 90.5 Å². The molecule has 0 saturated heterocycles. The van der Waals surface area contributed by atoms with Gasteiger partial charge in [0.25, 0.3) is 0 Å². The van der Waals surface area contributed by atoms with Crippen molar-refractivity contribution >= 4 is 43.4 Å². The second-order valence-corrected chi connectivity index (χ2v) is 10.2. The maximum Gasteiger partial charge on any atom is 0.227 e. The number of aromatic nitrogens is 1. The van der Waals surface area contributed by atoms with E-state index in [1.807, 2.05) is 18.2 Å². The fraction of sp³-hybridized carbons (Fsp3) is 0.0278. The van der Waals surface area contributed by atoms with Gasteiger partial charge >= 0.3 is 0 Å². The lowest BCUT2D eigenvalue weighted by atomic mass is 9.88. The van der Waals surface area contributed by atoms with Crippen molar-refractivity contribution in [1.29, 1.82) is 0 Å². The minimum Gasteiger partial charge on any atom is -0.436 e. The first kappa shape index (κ1) is 22.0. The minimum atomic E-state index is -0.247. The van der Waals surface area contributed by atoms with E-state index in [0.717, 1.165) is 33.2 Å². The summed E-state index contributed by atoms with van der Waals surface area (Å²) >= 11 is 0. The van der Waals surface area contributed by atoms with Gasteiger partial charge in [-0.05, 0) is 91.8 Å². The number of hydrogen-bond acceptors (Lipinski definition) is 2. The highest BCUT2D eigenvalue weighted by Gasteiger charge is 2.17. The van der Waals surface area contributed by atoms with E-state index in [4.69, 9.17) is 9.40 Å². The zero-order valence-corrected chi connectivity index (χ0v) is 21.2. The number of rotatable bonds is 3. The van der Waals surface area contributed by atoms with E-state index in [1.165, 1.54) is 55.8 Å². The Balaban J connectivity index is 1.33. The first-order chi connectivity index (χ1) is 19.1. The molecule has 0 fully saturated rings. The highest BCUT2D eigenvalue weighted by atomic mass is 19.1. The van der Waals surface area contributed by atoms with E-state index >= 15 is 0 Å². The molecule has 8 aromatic rings. The van der Waals surface area contributed by atoms with Crippen molar-refractivity contribution in [2.45, 2.75) is 6.92 Å². The third kappa shape index (κ3) is 3.44. The summed E-state index contributed by atoms with van der Waals surface area (Å²) in [5.41, 5.74) is 8.09. The van der Waals surface area contributed by atoms with Crippen molar-refractivity contribution in [2.75, 3.05) is 0 Å². The smallest absolute Gasteiger partial charge is 0.227 e. The van der Waals surface area contributed by atoms with Crippen LogP contribution in [0.2, 0.25) is 0 Å². The molecule has 0 bridgehead atoms. The molecular formula is C36H22FNO. The molecule has 8 rings (SSSR count). The fourth-order valence-electron chi connectivity index (χ4n) is 5.84. The number of oxazole rings is 1. The van der Waals surface area contributed by atoms with Gasteiger partial charge in [0, 0.05) is 5.56 Å². The van der Waals surface area contributed by atoms with Gasteiger partial charge in [-0.25, -0.2) is 9.37 Å². The lowest BCUT2D eigenvalue weighted by Gasteiger charge is -2.15. The molecule has 39 heavy (non-hydrogen) atoms. The molecule has 0 aliphatic heterocycles. The first-order valence-corrected chi connectivity index (χ1v) is 13.1. The van der Waals surface area contributed by atoms with Crippen molar-refractivity contribution in [3.63, 3.8) is 0 Å². The Morgan fingerprint density at radius 1 is 0.564 bits per heavy atom. The van der Waals surface area contributed by atoms with Crippen molar-refractivity contribution in [3.8, 4) is 33.7 Å². The second kappa shape index (κ2) is 8.24. The van der Waals surface area contributed by atoms with Crippen molar-refractivity contribution in [1.82, 2.24) is 4.98 Å². The van der Waals surface area contributed by atoms with Crippen LogP contribution in [0.5, 0.6) is 0 Å². The lowest BCUT2D eigenvalue weighted by molar-refractivity contribution is 0.620. The standard InChI is InChI=1S/C36H22FNO/c1-21-2-4-23(5-3-21)28-15-8-24-10-17-30-31(18-11-25-9-16-29(28)34(24)35(25)30)36-38-32-20-26(12-19-33(32)39-36)22-6-13-27(37)14-7-22/h2-20H,1H3. The largest absolute Gasteiger partial charge is 0.436 e. The predicted octanol–water partition coefficient (Wildman–Crippen LogP) is 10.2. The van der Waals surface area contributed by atoms with Crippen LogP contribution < -0.4 is 0 Å². The molecule has 0 atom stereocenters. The van der Waals surface area contributed by atoms with E-state index in [1.54, 1.807) is 12.1 Å². The molecule has 1 heterocycles. The van der Waals surface area contributed by atoms with Crippen LogP contribution in [0, 0.1) is 12.7 Å². The average Bonchev–Trinajstić information content (AvgIpc) is 3.40. The zero-order chi connectivity index (χ0) is 26.1. The van der Waals surface area contributed by atoms with E-state index in [-0.39, 0.29) is 5.82 Å². The van der Waals surface area contributed by atoms with Crippen LogP contribution in [-0.2, 0) is 0 Å². The van der Waals surface area contributed by atoms with Gasteiger partial charge in [0.15, 0.2) is 5.58 Å². The van der Waals surface area contributed by atoms with Crippen molar-refractivity contribution < 1.29 is 8.81 Å². The maximum atomic E-state index is 13.4. The fourth-order valence-corrected chi connectivity index (χ4v) is 5.84. The van der Waals surface area contributed by atoms with Crippen molar-refractivity contribution in [2.24, 2.45) is 0 Å². The molecule has 0 aliphatic carbocycles. The average molecular weight is 504 g/mol. The minimum absolute atomic E-state index is 0.247. The summed E-state index contributed by atoms with van der Waals surface area (Å²) in [6, 6.07) is 38.7. The number of nitrogens with zero attached hydrogens (tertiary/aromatic N) is 1. The summed E-state index contributed by atoms with van der Waals surface area (Å²) in [7, 11) is 0. The molecule has 2 nitrogen and oxygen atoms in total. The normalized spacial score (nSPS) is 11.8. The monoisotopic (exact) mass is 503 g/mol. The van der Waals surface area contributed by atoms with Gasteiger partial charge in [-0.15, -0.1) is 0 Å².